The molecule has 0 spiro atoms. The van der Waals surface area contributed by atoms with E-state index in [0.717, 1.165) is 11.1 Å². The van der Waals surface area contributed by atoms with E-state index in [9.17, 15) is 19.8 Å². The lowest BCUT2D eigenvalue weighted by molar-refractivity contribution is 0.101. The van der Waals surface area contributed by atoms with Crippen molar-refractivity contribution in [3.8, 4) is 22.6 Å². The van der Waals surface area contributed by atoms with Crippen LogP contribution < -0.4 is 5.56 Å². The summed E-state index contributed by atoms with van der Waals surface area (Å²) in [5.41, 5.74) is 2.82. The van der Waals surface area contributed by atoms with E-state index < -0.39 is 5.56 Å². The molecule has 1 aromatic heterocycles. The predicted octanol–water partition coefficient (Wildman–Crippen LogP) is 5.05. The zero-order chi connectivity index (χ0) is 21.4. The molecule has 0 atom stereocenters. The Bertz CT molecular complexity index is 1360. The lowest BCUT2D eigenvalue weighted by atomic mass is 9.97. The minimum absolute atomic E-state index is 0.0484. The first-order valence-corrected chi connectivity index (χ1v) is 9.68. The van der Waals surface area contributed by atoms with Gasteiger partial charge in [-0.1, -0.05) is 41.9 Å². The summed E-state index contributed by atoms with van der Waals surface area (Å²) in [7, 11) is 0. The Morgan fingerprint density at radius 3 is 2.53 bits per heavy atom. The average molecular weight is 420 g/mol. The number of benzene rings is 3. The number of H-pyrrole nitrogens is 1. The van der Waals surface area contributed by atoms with Crippen LogP contribution in [0.1, 0.15) is 28.4 Å². The Balaban J connectivity index is 1.76. The predicted molar refractivity (Wildman–Crippen MR) is 118 cm³/mol. The van der Waals surface area contributed by atoms with Crippen LogP contribution in [0.25, 0.3) is 22.0 Å². The summed E-state index contributed by atoms with van der Waals surface area (Å²) in [4.78, 5) is 27.1. The van der Waals surface area contributed by atoms with Crippen LogP contribution in [-0.2, 0) is 6.42 Å². The second-order valence-corrected chi connectivity index (χ2v) is 7.59. The molecule has 0 saturated carbocycles. The van der Waals surface area contributed by atoms with E-state index in [0.29, 0.717) is 27.9 Å². The topological polar surface area (TPSA) is 90.4 Å². The van der Waals surface area contributed by atoms with Crippen LogP contribution in [0.4, 0.5) is 0 Å². The Morgan fingerprint density at radius 2 is 1.77 bits per heavy atom. The van der Waals surface area contributed by atoms with E-state index in [2.05, 4.69) is 4.98 Å². The van der Waals surface area contributed by atoms with Crippen molar-refractivity contribution in [3.63, 3.8) is 0 Å². The molecule has 1 heterocycles. The molecule has 150 valence electrons. The molecular weight excluding hydrogens is 402 g/mol. The number of hydrogen-bond donors (Lipinski definition) is 3. The standard InChI is InChI=1S/C24H18ClNO4/c1-13(27)19-11-15(5-8-21(19)28)9-14-3-2-4-16(10-14)22-23(29)18-7-6-17(25)12-20(18)26-24(22)30/h2-8,10-12,28H,9H2,1H3,(H2,26,29,30). The second-order valence-electron chi connectivity index (χ2n) is 7.15. The molecule has 5 nitrogen and oxygen atoms in total. The summed E-state index contributed by atoms with van der Waals surface area (Å²) in [5.74, 6) is -0.366. The second kappa shape index (κ2) is 7.69. The van der Waals surface area contributed by atoms with E-state index in [1.165, 1.54) is 13.0 Å². The van der Waals surface area contributed by atoms with Gasteiger partial charge in [0.2, 0.25) is 0 Å². The van der Waals surface area contributed by atoms with Crippen LogP contribution in [0.15, 0.2) is 65.5 Å². The number of phenols is 1. The third-order valence-corrected chi connectivity index (χ3v) is 5.25. The Labute approximate surface area is 177 Å². The van der Waals surface area contributed by atoms with Gasteiger partial charge in [-0.25, -0.2) is 0 Å². The van der Waals surface area contributed by atoms with Crippen molar-refractivity contribution in [2.24, 2.45) is 0 Å². The van der Waals surface area contributed by atoms with Gasteiger partial charge in [0, 0.05) is 10.4 Å². The minimum atomic E-state index is -0.414. The normalized spacial score (nSPS) is 11.0. The molecule has 4 rings (SSSR count). The maximum absolute atomic E-state index is 12.7. The van der Waals surface area contributed by atoms with Gasteiger partial charge < -0.3 is 15.2 Å². The fraction of sp³-hybridized carbons (Fsp3) is 0.0833. The summed E-state index contributed by atoms with van der Waals surface area (Å²) < 4.78 is 0. The third kappa shape index (κ3) is 3.67. The van der Waals surface area contributed by atoms with Crippen LogP contribution in [0.3, 0.4) is 0 Å². The van der Waals surface area contributed by atoms with Crippen LogP contribution in [0.2, 0.25) is 5.02 Å². The van der Waals surface area contributed by atoms with Crippen LogP contribution >= 0.6 is 11.6 Å². The van der Waals surface area contributed by atoms with Crippen molar-refractivity contribution in [3.05, 3.63) is 92.7 Å². The van der Waals surface area contributed by atoms with Gasteiger partial charge in [0.25, 0.3) is 5.56 Å². The number of hydrogen-bond acceptors (Lipinski definition) is 4. The molecule has 0 aliphatic rings. The molecule has 0 bridgehead atoms. The number of aromatic hydroxyl groups is 2. The largest absolute Gasteiger partial charge is 0.507 e. The summed E-state index contributed by atoms with van der Waals surface area (Å²) >= 11 is 5.98. The van der Waals surface area contributed by atoms with Gasteiger partial charge in [0.05, 0.1) is 16.6 Å². The maximum Gasteiger partial charge on any atom is 0.260 e. The molecule has 0 unspecified atom stereocenters. The number of carbonyl (C=O) groups excluding carboxylic acids is 1. The maximum atomic E-state index is 12.7. The summed E-state index contributed by atoms with van der Waals surface area (Å²) in [6.07, 6.45) is 0.496. The molecule has 6 heteroatoms. The highest BCUT2D eigenvalue weighted by molar-refractivity contribution is 6.31. The first-order chi connectivity index (χ1) is 14.3. The molecule has 0 aliphatic heterocycles. The van der Waals surface area contributed by atoms with Crippen molar-refractivity contribution in [1.82, 2.24) is 4.98 Å². The molecule has 0 fully saturated rings. The van der Waals surface area contributed by atoms with Crippen molar-refractivity contribution < 1.29 is 15.0 Å². The number of fused-ring (bicyclic) bond motifs is 1. The van der Waals surface area contributed by atoms with Crippen LogP contribution in [0, 0.1) is 0 Å². The number of phenolic OH excluding ortho intramolecular Hbond substituents is 1. The SMILES string of the molecule is CC(=O)c1cc(Cc2cccc(-c3c(O)c4ccc(Cl)cc4[nH]c3=O)c2)ccc1O. The van der Waals surface area contributed by atoms with Gasteiger partial charge in [-0.3, -0.25) is 9.59 Å². The number of aromatic nitrogens is 1. The molecular formula is C24H18ClNO4. The number of nitrogens with one attached hydrogen (secondary N) is 1. The van der Waals surface area contributed by atoms with E-state index >= 15 is 0 Å². The molecule has 30 heavy (non-hydrogen) atoms. The van der Waals surface area contributed by atoms with Crippen LogP contribution in [-0.4, -0.2) is 21.0 Å². The summed E-state index contributed by atoms with van der Waals surface area (Å²) in [5, 5.41) is 21.6. The monoisotopic (exact) mass is 419 g/mol. The number of ketones is 1. The smallest absolute Gasteiger partial charge is 0.260 e. The van der Waals surface area contributed by atoms with Crippen molar-refractivity contribution in [1.29, 1.82) is 0 Å². The number of pyridine rings is 1. The van der Waals surface area contributed by atoms with Crippen molar-refractivity contribution in [2.45, 2.75) is 13.3 Å². The van der Waals surface area contributed by atoms with Gasteiger partial charge in [-0.15, -0.1) is 0 Å². The summed E-state index contributed by atoms with van der Waals surface area (Å²) in [6.45, 7) is 1.40. The number of halogens is 1. The Kier molecular flexibility index (Phi) is 5.06. The zero-order valence-electron chi connectivity index (χ0n) is 16.1. The molecule has 0 amide bonds. The number of carbonyl (C=O) groups is 1. The Hall–Kier alpha value is -3.57. The first-order valence-electron chi connectivity index (χ1n) is 9.30. The molecule has 0 saturated heterocycles. The lowest BCUT2D eigenvalue weighted by Crippen LogP contribution is -2.09. The third-order valence-electron chi connectivity index (χ3n) is 5.01. The number of rotatable bonds is 4. The summed E-state index contributed by atoms with van der Waals surface area (Å²) in [6, 6.07) is 17.1. The molecule has 0 radical (unpaired) electrons. The van der Waals surface area contributed by atoms with E-state index in [1.54, 1.807) is 36.4 Å². The first kappa shape index (κ1) is 19.7. The molecule has 4 aromatic rings. The van der Waals surface area contributed by atoms with Gasteiger partial charge in [0.1, 0.15) is 11.5 Å². The van der Waals surface area contributed by atoms with Gasteiger partial charge in [-0.2, -0.15) is 0 Å². The fourth-order valence-electron chi connectivity index (χ4n) is 3.57. The minimum Gasteiger partial charge on any atom is -0.507 e. The number of aromatic amines is 1. The zero-order valence-corrected chi connectivity index (χ0v) is 16.8. The molecule has 3 N–H and O–H groups in total. The molecule has 0 aliphatic carbocycles. The number of Topliss-reactive ketones (excluding diaryl/α,β-unsaturated/α-hetero) is 1. The lowest BCUT2D eigenvalue weighted by Gasteiger charge is -2.10. The van der Waals surface area contributed by atoms with E-state index in [-0.39, 0.29) is 28.4 Å². The highest BCUT2D eigenvalue weighted by Gasteiger charge is 2.15. The van der Waals surface area contributed by atoms with Gasteiger partial charge in [0.15, 0.2) is 5.78 Å². The van der Waals surface area contributed by atoms with Crippen LogP contribution in [0.5, 0.6) is 11.5 Å². The highest BCUT2D eigenvalue weighted by Crippen LogP contribution is 2.33. The van der Waals surface area contributed by atoms with Gasteiger partial charge >= 0.3 is 0 Å². The van der Waals surface area contributed by atoms with Gasteiger partial charge in [-0.05, 0) is 60.4 Å². The highest BCUT2D eigenvalue weighted by atomic mass is 35.5. The Morgan fingerprint density at radius 1 is 1.00 bits per heavy atom. The molecule has 3 aromatic carbocycles. The van der Waals surface area contributed by atoms with E-state index in [1.807, 2.05) is 18.2 Å². The fourth-order valence-corrected chi connectivity index (χ4v) is 3.74. The van der Waals surface area contributed by atoms with Crippen molar-refractivity contribution in [2.75, 3.05) is 0 Å². The average Bonchev–Trinajstić information content (AvgIpc) is 2.69. The van der Waals surface area contributed by atoms with E-state index in [4.69, 9.17) is 11.6 Å². The van der Waals surface area contributed by atoms with Crippen molar-refractivity contribution >= 4 is 28.3 Å². The quantitative estimate of drug-likeness (QED) is 0.403.